The lowest BCUT2D eigenvalue weighted by Crippen LogP contribution is -2.16. The van der Waals surface area contributed by atoms with E-state index in [2.05, 4.69) is 26.2 Å². The zero-order chi connectivity index (χ0) is 18.3. The maximum Gasteiger partial charge on any atom is 0.289 e. The molecule has 25 heavy (non-hydrogen) atoms. The van der Waals surface area contributed by atoms with Crippen molar-refractivity contribution in [2.24, 2.45) is 0 Å². The highest BCUT2D eigenvalue weighted by Crippen LogP contribution is 2.28. The largest absolute Gasteiger partial charge is 0.320 e. The molecule has 3 aromatic rings. The number of hydrogen-bond acceptors (Lipinski definition) is 4. The topological polar surface area (TPSA) is 89.5 Å². The van der Waals surface area contributed by atoms with Crippen LogP contribution in [0, 0.1) is 24.0 Å². The van der Waals surface area contributed by atoms with Crippen LogP contribution in [0.3, 0.4) is 0 Å². The normalized spacial score (nSPS) is 10.9. The predicted octanol–water partition coefficient (Wildman–Crippen LogP) is 4.53. The van der Waals surface area contributed by atoms with Gasteiger partial charge in [-0.25, -0.2) is 4.98 Å². The summed E-state index contributed by atoms with van der Waals surface area (Å²) in [6.07, 6.45) is 1.80. The van der Waals surface area contributed by atoms with Crippen molar-refractivity contribution in [2.45, 2.75) is 13.8 Å². The van der Waals surface area contributed by atoms with Gasteiger partial charge in [0.05, 0.1) is 15.1 Å². The van der Waals surface area contributed by atoms with Crippen molar-refractivity contribution in [3.8, 4) is 0 Å². The van der Waals surface area contributed by atoms with Gasteiger partial charge in [0.25, 0.3) is 11.6 Å². The fourth-order valence-corrected chi connectivity index (χ4v) is 3.37. The minimum atomic E-state index is -0.599. The maximum atomic E-state index is 12.7. The Kier molecular flexibility index (Phi) is 4.49. The Hall–Kier alpha value is -2.45. The third-order valence-electron chi connectivity index (χ3n) is 3.60. The Morgan fingerprint density at radius 3 is 2.76 bits per heavy atom. The molecule has 0 saturated heterocycles. The number of nitrogens with one attached hydrogen (secondary N) is 1. The lowest BCUT2D eigenvalue weighted by atomic mass is 10.2. The summed E-state index contributed by atoms with van der Waals surface area (Å²) < 4.78 is 2.46. The highest BCUT2D eigenvalue weighted by atomic mass is 79.9. The summed E-state index contributed by atoms with van der Waals surface area (Å²) >= 11 is 9.23. The van der Waals surface area contributed by atoms with Crippen LogP contribution in [0.1, 0.15) is 21.7 Å². The van der Waals surface area contributed by atoms with Gasteiger partial charge in [-0.2, -0.15) is 0 Å². The Balaban J connectivity index is 2.03. The molecule has 0 unspecified atom stereocenters. The van der Waals surface area contributed by atoms with Crippen LogP contribution in [-0.4, -0.2) is 20.2 Å². The van der Waals surface area contributed by atoms with Crippen LogP contribution in [0.2, 0.25) is 5.02 Å². The van der Waals surface area contributed by atoms with Crippen LogP contribution in [0.25, 0.3) is 5.65 Å². The summed E-state index contributed by atoms with van der Waals surface area (Å²) in [6.45, 7) is 3.64. The second kappa shape index (κ2) is 6.45. The fourth-order valence-electron chi connectivity index (χ4n) is 2.54. The standard InChI is InChI=1S/C16H12BrClN4O3/c1-8-5-11(17)15-19-9(2)14(21(15)7-8)16(23)20-10-3-4-12(18)13(6-10)22(24)25/h3-7H,1-2H3,(H,20,23). The number of aryl methyl sites for hydroxylation is 2. The number of benzene rings is 1. The van der Waals surface area contributed by atoms with Crippen molar-refractivity contribution in [2.75, 3.05) is 5.32 Å². The molecule has 0 saturated carbocycles. The summed E-state index contributed by atoms with van der Waals surface area (Å²) in [6, 6.07) is 6.01. The molecule has 0 atom stereocenters. The number of hydrogen-bond donors (Lipinski definition) is 1. The lowest BCUT2D eigenvalue weighted by Gasteiger charge is -2.07. The number of amides is 1. The van der Waals surface area contributed by atoms with Crippen LogP contribution in [0.15, 0.2) is 34.9 Å². The van der Waals surface area contributed by atoms with Gasteiger partial charge in [-0.1, -0.05) is 11.6 Å². The van der Waals surface area contributed by atoms with E-state index in [0.717, 1.165) is 10.0 Å². The number of imidazole rings is 1. The lowest BCUT2D eigenvalue weighted by molar-refractivity contribution is -0.384. The SMILES string of the molecule is Cc1cc(Br)c2nc(C)c(C(=O)Nc3ccc(Cl)c([N+](=O)[O-])c3)n2c1. The van der Waals surface area contributed by atoms with E-state index in [1.165, 1.54) is 18.2 Å². The van der Waals surface area contributed by atoms with Crippen molar-refractivity contribution in [1.82, 2.24) is 9.38 Å². The van der Waals surface area contributed by atoms with Crippen molar-refractivity contribution < 1.29 is 9.72 Å². The number of rotatable bonds is 3. The number of nitro groups is 1. The molecule has 1 amide bonds. The fraction of sp³-hybridized carbons (Fsp3) is 0.125. The highest BCUT2D eigenvalue weighted by molar-refractivity contribution is 9.10. The number of halogens is 2. The summed E-state index contributed by atoms with van der Waals surface area (Å²) in [5.74, 6) is -0.417. The molecule has 0 aliphatic rings. The van der Waals surface area contributed by atoms with Crippen molar-refractivity contribution >= 4 is 50.5 Å². The minimum Gasteiger partial charge on any atom is -0.320 e. The van der Waals surface area contributed by atoms with E-state index >= 15 is 0 Å². The number of aromatic nitrogens is 2. The van der Waals surface area contributed by atoms with Crippen molar-refractivity contribution in [3.63, 3.8) is 0 Å². The molecule has 128 valence electrons. The highest BCUT2D eigenvalue weighted by Gasteiger charge is 2.20. The number of fused-ring (bicyclic) bond motifs is 1. The first kappa shape index (κ1) is 17.4. The van der Waals surface area contributed by atoms with E-state index < -0.39 is 10.8 Å². The minimum absolute atomic E-state index is 0.00791. The maximum absolute atomic E-state index is 12.7. The van der Waals surface area contributed by atoms with E-state index in [0.29, 0.717) is 17.0 Å². The van der Waals surface area contributed by atoms with Crippen molar-refractivity contribution in [3.05, 3.63) is 67.0 Å². The number of anilines is 1. The molecule has 2 aromatic heterocycles. The van der Waals surface area contributed by atoms with E-state index in [-0.39, 0.29) is 16.4 Å². The molecule has 3 rings (SSSR count). The third-order valence-corrected chi connectivity index (χ3v) is 4.51. The Labute approximate surface area is 155 Å². The van der Waals surface area contributed by atoms with Crippen LogP contribution in [-0.2, 0) is 0 Å². The quantitative estimate of drug-likeness (QED) is 0.495. The van der Waals surface area contributed by atoms with Gasteiger partial charge in [-0.15, -0.1) is 0 Å². The molecule has 7 nitrogen and oxygen atoms in total. The average molecular weight is 424 g/mol. The molecular formula is C16H12BrClN4O3. The summed E-state index contributed by atoms with van der Waals surface area (Å²) in [5, 5.41) is 13.6. The molecule has 2 heterocycles. The smallest absolute Gasteiger partial charge is 0.289 e. The first-order valence-electron chi connectivity index (χ1n) is 7.18. The van der Waals surface area contributed by atoms with Crippen LogP contribution in [0.4, 0.5) is 11.4 Å². The first-order valence-corrected chi connectivity index (χ1v) is 8.35. The van der Waals surface area contributed by atoms with Gasteiger partial charge in [0, 0.05) is 18.0 Å². The Morgan fingerprint density at radius 1 is 1.36 bits per heavy atom. The van der Waals surface area contributed by atoms with Gasteiger partial charge in [-0.05, 0) is 53.5 Å². The molecule has 0 fully saturated rings. The number of nitrogens with zero attached hydrogens (tertiary/aromatic N) is 3. The monoisotopic (exact) mass is 422 g/mol. The van der Waals surface area contributed by atoms with Gasteiger partial charge in [-0.3, -0.25) is 19.3 Å². The predicted molar refractivity (Wildman–Crippen MR) is 98.4 cm³/mol. The van der Waals surface area contributed by atoms with E-state index in [1.807, 2.05) is 13.0 Å². The molecule has 0 spiro atoms. The molecule has 0 bridgehead atoms. The van der Waals surface area contributed by atoms with E-state index in [9.17, 15) is 14.9 Å². The van der Waals surface area contributed by atoms with Crippen LogP contribution >= 0.6 is 27.5 Å². The second-order valence-electron chi connectivity index (χ2n) is 5.48. The van der Waals surface area contributed by atoms with Crippen molar-refractivity contribution in [1.29, 1.82) is 0 Å². The average Bonchev–Trinajstić information content (AvgIpc) is 2.85. The molecular weight excluding hydrogens is 412 g/mol. The first-order chi connectivity index (χ1) is 11.8. The van der Waals surface area contributed by atoms with Gasteiger partial charge in [0.1, 0.15) is 10.7 Å². The van der Waals surface area contributed by atoms with Gasteiger partial charge in [0.2, 0.25) is 0 Å². The summed E-state index contributed by atoms with van der Waals surface area (Å²) in [5.41, 5.74) is 2.49. The Morgan fingerprint density at radius 2 is 2.08 bits per heavy atom. The van der Waals surface area contributed by atoms with Gasteiger partial charge in [0.15, 0.2) is 5.65 Å². The Bertz CT molecular complexity index is 1030. The molecule has 1 aromatic carbocycles. The van der Waals surface area contributed by atoms with Gasteiger partial charge >= 0.3 is 0 Å². The van der Waals surface area contributed by atoms with E-state index in [1.54, 1.807) is 17.5 Å². The molecule has 0 aliphatic heterocycles. The number of carbonyl (C=O) groups is 1. The van der Waals surface area contributed by atoms with Crippen LogP contribution < -0.4 is 5.32 Å². The third kappa shape index (κ3) is 3.22. The molecule has 0 radical (unpaired) electrons. The summed E-state index contributed by atoms with van der Waals surface area (Å²) in [4.78, 5) is 27.5. The number of pyridine rings is 1. The second-order valence-corrected chi connectivity index (χ2v) is 6.74. The zero-order valence-electron chi connectivity index (χ0n) is 13.2. The molecule has 9 heteroatoms. The van der Waals surface area contributed by atoms with Crippen LogP contribution in [0.5, 0.6) is 0 Å². The van der Waals surface area contributed by atoms with E-state index in [4.69, 9.17) is 11.6 Å². The summed E-state index contributed by atoms with van der Waals surface area (Å²) in [7, 11) is 0. The molecule has 1 N–H and O–H groups in total. The molecule has 0 aliphatic carbocycles. The zero-order valence-corrected chi connectivity index (χ0v) is 15.6. The number of carbonyl (C=O) groups excluding carboxylic acids is 1. The van der Waals surface area contributed by atoms with Gasteiger partial charge < -0.3 is 5.32 Å². The number of nitro benzene ring substituents is 1.